The van der Waals surface area contributed by atoms with Crippen LogP contribution in [-0.4, -0.2) is 87.7 Å². The molecule has 0 bridgehead atoms. The largest absolute Gasteiger partial charge is 0.466 e. The summed E-state index contributed by atoms with van der Waals surface area (Å²) in [7, 11) is 7.28. The summed E-state index contributed by atoms with van der Waals surface area (Å²) in [5.74, 6) is -1.54. The molecule has 1 aliphatic rings. The van der Waals surface area contributed by atoms with Crippen molar-refractivity contribution in [1.29, 1.82) is 0 Å². The molecule has 0 saturated heterocycles. The van der Waals surface area contributed by atoms with E-state index in [9.17, 15) is 19.2 Å². The average molecular weight is 507 g/mol. The second kappa shape index (κ2) is 25.1. The van der Waals surface area contributed by atoms with Gasteiger partial charge >= 0.3 is 23.9 Å². The number of esters is 4. The normalized spacial score (nSPS) is 10.2. The molecule has 0 fully saturated rings. The maximum absolute atomic E-state index is 11.1. The summed E-state index contributed by atoms with van der Waals surface area (Å²) in [4.78, 5) is 44.2. The van der Waals surface area contributed by atoms with Crippen LogP contribution in [0.25, 0.3) is 0 Å². The molecule has 0 radical (unpaired) electrons. The van der Waals surface area contributed by atoms with Crippen LogP contribution >= 0.6 is 0 Å². The van der Waals surface area contributed by atoms with Crippen molar-refractivity contribution in [3.63, 3.8) is 0 Å². The summed E-state index contributed by atoms with van der Waals surface area (Å²) in [5, 5.41) is 14.0. The highest BCUT2D eigenvalue weighted by atomic mass is 16.5. The van der Waals surface area contributed by atoms with Crippen molar-refractivity contribution in [3.05, 3.63) is 58.7 Å². The van der Waals surface area contributed by atoms with E-state index >= 15 is 0 Å². The summed E-state index contributed by atoms with van der Waals surface area (Å²) < 4.78 is 18.1. The number of allylic oxidation sites excluding steroid dienone is 2. The van der Waals surface area contributed by atoms with Crippen LogP contribution in [0.5, 0.6) is 0 Å². The molecule has 1 aromatic carbocycles. The number of aliphatic hydroxyl groups is 2. The fourth-order valence-electron chi connectivity index (χ4n) is 2.22. The first kappa shape index (κ1) is 41.7. The lowest BCUT2D eigenvalue weighted by Gasteiger charge is -2.11. The zero-order chi connectivity index (χ0) is 25.1. The Hall–Kier alpha value is -3.58. The van der Waals surface area contributed by atoms with Crippen molar-refractivity contribution in [2.24, 2.45) is 0 Å². The third-order valence-corrected chi connectivity index (χ3v) is 3.77. The van der Waals surface area contributed by atoms with E-state index in [1.54, 1.807) is 12.2 Å². The minimum atomic E-state index is -0.429. The van der Waals surface area contributed by atoms with Gasteiger partial charge in [0, 0.05) is 25.4 Å². The molecule has 35 heavy (non-hydrogen) atoms. The van der Waals surface area contributed by atoms with E-state index in [0.29, 0.717) is 35.1 Å². The molecule has 0 unspecified atom stereocenters. The third-order valence-electron chi connectivity index (χ3n) is 3.77. The van der Waals surface area contributed by atoms with E-state index < -0.39 is 11.9 Å². The summed E-state index contributed by atoms with van der Waals surface area (Å²) in [6, 6.07) is 6.05. The first-order valence-corrected chi connectivity index (χ1v) is 9.10. The van der Waals surface area contributed by atoms with Gasteiger partial charge in [-0.1, -0.05) is 19.6 Å². The Morgan fingerprint density at radius 1 is 0.571 bits per heavy atom. The molecular weight excluding hydrogens is 468 g/mol. The van der Waals surface area contributed by atoms with Gasteiger partial charge in [0.1, 0.15) is 0 Å². The smallest absolute Gasteiger partial charge is 0.337 e. The number of carbonyl (C=O) groups is 4. The standard InChI is InChI=1S/C10H12O4.C10H10O4.2CH4O.CH4.2H2O/c2*1-13-9(11)7-3-5-8(6-4-7)10(12)14-2;2*1-2;;;/h3,5H,4,6H2,1-2H3;3-6H,1-2H3;2*2H,1H3;1H4;2*1H2. The molecule has 0 heterocycles. The molecule has 6 N–H and O–H groups in total. The van der Waals surface area contributed by atoms with Crippen LogP contribution in [0.3, 0.4) is 0 Å². The van der Waals surface area contributed by atoms with E-state index in [0.717, 1.165) is 14.2 Å². The number of methoxy groups -OCH3 is 4. The van der Waals surface area contributed by atoms with Crippen molar-refractivity contribution in [3.8, 4) is 0 Å². The lowest BCUT2D eigenvalue weighted by Crippen LogP contribution is -2.11. The summed E-state index contributed by atoms with van der Waals surface area (Å²) in [6.45, 7) is 0. The Morgan fingerprint density at radius 2 is 0.800 bits per heavy atom. The van der Waals surface area contributed by atoms with Crippen molar-refractivity contribution < 1.29 is 59.3 Å². The summed E-state index contributed by atoms with van der Waals surface area (Å²) >= 11 is 0. The molecular formula is C23H38O12. The highest BCUT2D eigenvalue weighted by Crippen LogP contribution is 2.19. The molecule has 0 atom stereocenters. The fourth-order valence-corrected chi connectivity index (χ4v) is 2.22. The zero-order valence-electron chi connectivity index (χ0n) is 20.0. The van der Waals surface area contributed by atoms with Gasteiger partial charge in [0.05, 0.1) is 39.6 Å². The maximum atomic E-state index is 11.1. The van der Waals surface area contributed by atoms with Crippen LogP contribution in [0.2, 0.25) is 0 Å². The van der Waals surface area contributed by atoms with Gasteiger partial charge in [0.2, 0.25) is 0 Å². The first-order chi connectivity index (χ1) is 15.4. The van der Waals surface area contributed by atoms with Crippen molar-refractivity contribution in [2.45, 2.75) is 20.3 Å². The molecule has 0 aliphatic heterocycles. The quantitative estimate of drug-likeness (QED) is 0.425. The highest BCUT2D eigenvalue weighted by molar-refractivity contribution is 5.94. The van der Waals surface area contributed by atoms with Gasteiger partial charge < -0.3 is 40.1 Å². The Morgan fingerprint density at radius 3 is 0.971 bits per heavy atom. The molecule has 12 nitrogen and oxygen atoms in total. The van der Waals surface area contributed by atoms with Gasteiger partial charge in [-0.15, -0.1) is 0 Å². The Balaban J connectivity index is -0.000000139. The van der Waals surface area contributed by atoms with E-state index in [-0.39, 0.29) is 30.3 Å². The van der Waals surface area contributed by atoms with Crippen molar-refractivity contribution in [1.82, 2.24) is 0 Å². The van der Waals surface area contributed by atoms with Crippen LogP contribution in [-0.2, 0) is 28.5 Å². The maximum Gasteiger partial charge on any atom is 0.337 e. The van der Waals surface area contributed by atoms with Gasteiger partial charge in [0.15, 0.2) is 0 Å². The van der Waals surface area contributed by atoms with Crippen LogP contribution in [0.4, 0.5) is 0 Å². The number of ether oxygens (including phenoxy) is 4. The molecule has 0 aromatic heterocycles. The van der Waals surface area contributed by atoms with E-state index in [2.05, 4.69) is 18.9 Å². The Bertz CT molecular complexity index is 728. The first-order valence-electron chi connectivity index (χ1n) is 9.10. The average Bonchev–Trinajstić information content (AvgIpc) is 2.89. The minimum absolute atomic E-state index is 0. The van der Waals surface area contributed by atoms with Gasteiger partial charge in [-0.2, -0.15) is 0 Å². The van der Waals surface area contributed by atoms with Crippen molar-refractivity contribution in [2.75, 3.05) is 42.7 Å². The lowest BCUT2D eigenvalue weighted by atomic mass is 9.98. The van der Waals surface area contributed by atoms with E-state index in [1.165, 1.54) is 52.7 Å². The number of aliphatic hydroxyl groups excluding tert-OH is 2. The molecule has 0 saturated carbocycles. The Labute approximate surface area is 205 Å². The lowest BCUT2D eigenvalue weighted by molar-refractivity contribution is -0.137. The molecule has 1 aliphatic carbocycles. The van der Waals surface area contributed by atoms with E-state index in [4.69, 9.17) is 10.2 Å². The van der Waals surface area contributed by atoms with Crippen LogP contribution in [0.1, 0.15) is 41.0 Å². The zero-order valence-corrected chi connectivity index (χ0v) is 20.0. The predicted molar refractivity (Wildman–Crippen MR) is 129 cm³/mol. The number of carbonyl (C=O) groups excluding carboxylic acids is 4. The molecule has 12 heteroatoms. The molecule has 0 amide bonds. The second-order valence-electron chi connectivity index (χ2n) is 5.43. The monoisotopic (exact) mass is 506 g/mol. The number of hydrogen-bond acceptors (Lipinski definition) is 10. The molecule has 2 rings (SSSR count). The number of rotatable bonds is 4. The topological polar surface area (TPSA) is 209 Å². The van der Waals surface area contributed by atoms with Crippen molar-refractivity contribution >= 4 is 23.9 Å². The molecule has 202 valence electrons. The molecule has 0 spiro atoms. The number of hydrogen-bond donors (Lipinski definition) is 2. The van der Waals surface area contributed by atoms with Gasteiger partial charge in [-0.25, -0.2) is 19.2 Å². The van der Waals surface area contributed by atoms with Gasteiger partial charge in [-0.05, 0) is 37.1 Å². The van der Waals surface area contributed by atoms with Crippen LogP contribution in [0.15, 0.2) is 47.6 Å². The number of benzene rings is 1. The van der Waals surface area contributed by atoms with E-state index in [1.807, 2.05) is 0 Å². The fraction of sp³-hybridized carbons (Fsp3) is 0.391. The highest BCUT2D eigenvalue weighted by Gasteiger charge is 2.17. The van der Waals surface area contributed by atoms with Gasteiger partial charge in [-0.3, -0.25) is 0 Å². The summed E-state index contributed by atoms with van der Waals surface area (Å²) in [5.41, 5.74) is 1.97. The van der Waals surface area contributed by atoms with Gasteiger partial charge in [0.25, 0.3) is 0 Å². The Kier molecular flexibility index (Phi) is 29.8. The van der Waals surface area contributed by atoms with Crippen LogP contribution in [0, 0.1) is 0 Å². The predicted octanol–water partition coefficient (Wildman–Crippen LogP) is 0.442. The minimum Gasteiger partial charge on any atom is -0.466 e. The SMILES string of the molecule is C.CO.CO.COC(=O)C1=CC=C(C(=O)OC)CC1.COC(=O)c1ccc(C(=O)OC)cc1.O.O. The third kappa shape index (κ3) is 15.0. The molecule has 1 aromatic rings. The van der Waals surface area contributed by atoms with Crippen LogP contribution < -0.4 is 0 Å². The second-order valence-corrected chi connectivity index (χ2v) is 5.43. The summed E-state index contributed by atoms with van der Waals surface area (Å²) in [6.07, 6.45) is 4.24.